The summed E-state index contributed by atoms with van der Waals surface area (Å²) in [5, 5.41) is 9.89. The molecule has 0 bridgehead atoms. The van der Waals surface area contributed by atoms with Gasteiger partial charge in [-0.05, 0) is 75.2 Å². The Morgan fingerprint density at radius 3 is 1.83 bits per heavy atom. The molecule has 0 aliphatic heterocycles. The second-order valence-electron chi connectivity index (χ2n) is 12.1. The van der Waals surface area contributed by atoms with Crippen molar-refractivity contribution in [3.63, 3.8) is 0 Å². The highest BCUT2D eigenvalue weighted by Gasteiger charge is 2.31. The third-order valence-electron chi connectivity index (χ3n) is 7.11. The van der Waals surface area contributed by atoms with Crippen LogP contribution in [0.25, 0.3) is 0 Å². The summed E-state index contributed by atoms with van der Waals surface area (Å²) in [6, 6.07) is 33.9. The molecule has 0 heterocycles. The zero-order chi connectivity index (χ0) is 33.2. The number of sulfonamides is 1. The van der Waals surface area contributed by atoms with Crippen LogP contribution < -0.4 is 20.7 Å². The van der Waals surface area contributed by atoms with E-state index in [0.717, 1.165) is 22.3 Å². The van der Waals surface area contributed by atoms with Crippen LogP contribution in [0.5, 0.6) is 0 Å². The first-order valence-electron chi connectivity index (χ1n) is 15.2. The molecule has 4 aromatic carbocycles. The summed E-state index contributed by atoms with van der Waals surface area (Å²) < 4.78 is 35.9. The first-order valence-corrected chi connectivity index (χ1v) is 17.1. The monoisotopic (exact) mass is 658 g/mol. The summed E-state index contributed by atoms with van der Waals surface area (Å²) in [6.07, 6.45) is 0.0202. The van der Waals surface area contributed by atoms with E-state index in [4.69, 9.17) is 17.0 Å². The molecule has 0 saturated heterocycles. The van der Waals surface area contributed by atoms with E-state index < -0.39 is 33.8 Å². The number of alkyl carbamates (subject to hydrolysis) is 1. The van der Waals surface area contributed by atoms with Gasteiger partial charge in [-0.25, -0.2) is 17.9 Å². The SMILES string of the molecule is Cc1ccc(S(=O)(=O)N[C@H](c2ccccc2)[C@H](NC(=S)NC[C@@H](Cc2ccccc2)NC(=O)OC(C)(C)C)c2ccccc2)cc1. The molecule has 1 amide bonds. The van der Waals surface area contributed by atoms with Crippen LogP contribution in [0, 0.1) is 6.92 Å². The number of carbonyl (C=O) groups excluding carboxylic acids is 1. The van der Waals surface area contributed by atoms with Gasteiger partial charge < -0.3 is 20.7 Å². The zero-order valence-electron chi connectivity index (χ0n) is 26.6. The summed E-state index contributed by atoms with van der Waals surface area (Å²) >= 11 is 5.79. The van der Waals surface area contributed by atoms with Crippen molar-refractivity contribution in [3.8, 4) is 0 Å². The number of ether oxygens (including phenoxy) is 1. The molecule has 0 fully saturated rings. The van der Waals surface area contributed by atoms with E-state index >= 15 is 0 Å². The average Bonchev–Trinajstić information content (AvgIpc) is 3.02. The van der Waals surface area contributed by atoms with Gasteiger partial charge in [-0.15, -0.1) is 0 Å². The van der Waals surface area contributed by atoms with Crippen molar-refractivity contribution in [2.75, 3.05) is 6.54 Å². The van der Waals surface area contributed by atoms with E-state index in [0.29, 0.717) is 18.1 Å². The minimum absolute atomic E-state index is 0.170. The molecule has 3 atom stereocenters. The van der Waals surface area contributed by atoms with Gasteiger partial charge in [-0.3, -0.25) is 0 Å². The number of rotatable bonds is 12. The molecule has 0 aliphatic rings. The highest BCUT2D eigenvalue weighted by atomic mass is 32.2. The molecule has 0 saturated carbocycles. The Labute approximate surface area is 278 Å². The van der Waals surface area contributed by atoms with E-state index in [1.807, 2.05) is 119 Å². The summed E-state index contributed by atoms with van der Waals surface area (Å²) in [6.45, 7) is 7.65. The molecule has 0 aromatic heterocycles. The Balaban J connectivity index is 1.59. The molecule has 4 rings (SSSR count). The molecular formula is C36H42N4O4S2. The summed E-state index contributed by atoms with van der Waals surface area (Å²) in [5.41, 5.74) is 2.95. The van der Waals surface area contributed by atoms with Gasteiger partial charge in [0.1, 0.15) is 5.60 Å². The maximum atomic E-state index is 13.7. The molecule has 8 nitrogen and oxygen atoms in total. The number of aryl methyl sites for hydroxylation is 1. The largest absolute Gasteiger partial charge is 0.444 e. The minimum Gasteiger partial charge on any atom is -0.444 e. The van der Waals surface area contributed by atoms with Crippen molar-refractivity contribution in [2.45, 2.75) is 62.7 Å². The van der Waals surface area contributed by atoms with E-state index in [9.17, 15) is 13.2 Å². The molecule has 10 heteroatoms. The van der Waals surface area contributed by atoms with E-state index in [2.05, 4.69) is 20.7 Å². The van der Waals surface area contributed by atoms with Gasteiger partial charge in [0, 0.05) is 6.54 Å². The van der Waals surface area contributed by atoms with Gasteiger partial charge in [0.05, 0.1) is 23.0 Å². The summed E-state index contributed by atoms with van der Waals surface area (Å²) in [5.74, 6) is 0. The van der Waals surface area contributed by atoms with Crippen molar-refractivity contribution in [2.24, 2.45) is 0 Å². The topological polar surface area (TPSA) is 109 Å². The average molecular weight is 659 g/mol. The van der Waals surface area contributed by atoms with Crippen molar-refractivity contribution >= 4 is 33.4 Å². The van der Waals surface area contributed by atoms with Gasteiger partial charge in [0.25, 0.3) is 0 Å². The van der Waals surface area contributed by atoms with E-state index in [1.165, 1.54) is 0 Å². The molecule has 242 valence electrons. The highest BCUT2D eigenvalue weighted by Crippen LogP contribution is 2.31. The lowest BCUT2D eigenvalue weighted by atomic mass is 9.94. The maximum absolute atomic E-state index is 13.7. The third kappa shape index (κ3) is 10.7. The van der Waals surface area contributed by atoms with Crippen molar-refractivity contribution in [1.82, 2.24) is 20.7 Å². The van der Waals surface area contributed by atoms with Gasteiger partial charge in [-0.2, -0.15) is 0 Å². The Morgan fingerprint density at radius 2 is 1.28 bits per heavy atom. The normalized spacial score (nSPS) is 13.6. The van der Waals surface area contributed by atoms with E-state index in [1.54, 1.807) is 24.3 Å². The number of thiocarbonyl (C=S) groups is 1. The van der Waals surface area contributed by atoms with Crippen LogP contribution in [0.4, 0.5) is 4.79 Å². The Kier molecular flexibility index (Phi) is 11.9. The van der Waals surface area contributed by atoms with Crippen LogP contribution in [-0.2, 0) is 21.2 Å². The smallest absolute Gasteiger partial charge is 0.407 e. The molecule has 46 heavy (non-hydrogen) atoms. The second kappa shape index (κ2) is 15.8. The Morgan fingerprint density at radius 1 is 0.761 bits per heavy atom. The fourth-order valence-electron chi connectivity index (χ4n) is 4.92. The van der Waals surface area contributed by atoms with E-state index in [-0.39, 0.29) is 10.9 Å². The van der Waals surface area contributed by atoms with Crippen LogP contribution in [0.15, 0.2) is 120 Å². The first-order chi connectivity index (χ1) is 21.9. The molecule has 4 aromatic rings. The van der Waals surface area contributed by atoms with Gasteiger partial charge in [-0.1, -0.05) is 109 Å². The lowest BCUT2D eigenvalue weighted by Crippen LogP contribution is -2.50. The number of benzene rings is 4. The number of hydrogen-bond acceptors (Lipinski definition) is 5. The molecule has 0 radical (unpaired) electrons. The van der Waals surface area contributed by atoms with Crippen molar-refractivity contribution < 1.29 is 17.9 Å². The van der Waals surface area contributed by atoms with Crippen molar-refractivity contribution in [1.29, 1.82) is 0 Å². The predicted octanol–water partition coefficient (Wildman–Crippen LogP) is 6.36. The van der Waals surface area contributed by atoms with Crippen molar-refractivity contribution in [3.05, 3.63) is 138 Å². The molecule has 0 unspecified atom stereocenters. The zero-order valence-corrected chi connectivity index (χ0v) is 28.2. The molecule has 0 aliphatic carbocycles. The van der Waals surface area contributed by atoms with Gasteiger partial charge in [0.2, 0.25) is 10.0 Å². The lowest BCUT2D eigenvalue weighted by molar-refractivity contribution is 0.0505. The summed E-state index contributed by atoms with van der Waals surface area (Å²) in [4.78, 5) is 12.9. The lowest BCUT2D eigenvalue weighted by Gasteiger charge is -2.31. The quantitative estimate of drug-likeness (QED) is 0.131. The van der Waals surface area contributed by atoms with Gasteiger partial charge >= 0.3 is 6.09 Å². The Bertz CT molecular complexity index is 1660. The number of amides is 1. The minimum atomic E-state index is -3.92. The number of nitrogens with one attached hydrogen (secondary N) is 4. The summed E-state index contributed by atoms with van der Waals surface area (Å²) in [7, 11) is -3.92. The fraction of sp³-hybridized carbons (Fsp3) is 0.278. The van der Waals surface area contributed by atoms with Crippen LogP contribution in [0.1, 0.15) is 55.1 Å². The van der Waals surface area contributed by atoms with Crippen LogP contribution in [-0.4, -0.2) is 37.8 Å². The predicted molar refractivity (Wildman–Crippen MR) is 187 cm³/mol. The molecule has 4 N–H and O–H groups in total. The number of hydrogen-bond donors (Lipinski definition) is 4. The fourth-order valence-corrected chi connectivity index (χ4v) is 6.36. The second-order valence-corrected chi connectivity index (χ2v) is 14.2. The number of carbonyl (C=O) groups is 1. The Hall–Kier alpha value is -4.25. The van der Waals surface area contributed by atoms with Crippen LogP contribution in [0.2, 0.25) is 0 Å². The molecular weight excluding hydrogens is 617 g/mol. The molecule has 0 spiro atoms. The first kappa shape index (κ1) is 34.6. The van der Waals surface area contributed by atoms with Gasteiger partial charge in [0.15, 0.2) is 5.11 Å². The third-order valence-corrected chi connectivity index (χ3v) is 8.82. The maximum Gasteiger partial charge on any atom is 0.407 e. The van der Waals surface area contributed by atoms with Crippen LogP contribution in [0.3, 0.4) is 0 Å². The highest BCUT2D eigenvalue weighted by molar-refractivity contribution is 7.89. The van der Waals surface area contributed by atoms with Crippen LogP contribution >= 0.6 is 12.2 Å². The standard InChI is InChI=1S/C36H42N4O4S2/c1-26-20-22-31(23-21-26)46(42,43)40-33(29-18-12-7-13-19-29)32(28-16-10-6-11-17-28)39-34(45)37-25-30(24-27-14-8-5-9-15-27)38-35(41)44-36(2,3)4/h5-23,30,32-33,40H,24-25H2,1-4H3,(H,38,41)(H2,37,39,45)/t30-,32-,33-/m1/s1.